The largest absolute Gasteiger partial charge is 0.478 e. The molecule has 0 aliphatic carbocycles. The van der Waals surface area contributed by atoms with E-state index in [9.17, 15) is 9.59 Å². The fourth-order valence-electron chi connectivity index (χ4n) is 3.11. The predicted octanol–water partition coefficient (Wildman–Crippen LogP) is 4.75. The van der Waals surface area contributed by atoms with Gasteiger partial charge in [0.2, 0.25) is 0 Å². The van der Waals surface area contributed by atoms with Gasteiger partial charge in [-0.25, -0.2) is 9.59 Å². The topological polar surface area (TPSA) is 70.1 Å². The van der Waals surface area contributed by atoms with Crippen LogP contribution in [0.2, 0.25) is 0 Å². The highest BCUT2D eigenvalue weighted by molar-refractivity contribution is 5.87. The molecule has 6 heteroatoms. The summed E-state index contributed by atoms with van der Waals surface area (Å²) in [5.74, 6) is -1.13. The van der Waals surface area contributed by atoms with Crippen molar-refractivity contribution in [2.45, 2.75) is 99.8 Å². The molecule has 6 nitrogen and oxygen atoms in total. The molecule has 0 heterocycles. The van der Waals surface area contributed by atoms with Gasteiger partial charge in [-0.3, -0.25) is 9.80 Å². The number of carboxylic acids is 1. The molecule has 0 spiro atoms. The van der Waals surface area contributed by atoms with E-state index in [0.29, 0.717) is 41.9 Å². The lowest BCUT2D eigenvalue weighted by molar-refractivity contribution is -0.139. The van der Waals surface area contributed by atoms with E-state index in [1.54, 1.807) is 19.9 Å². The van der Waals surface area contributed by atoms with Gasteiger partial charge in [0.15, 0.2) is 0 Å². The molecule has 0 aliphatic heterocycles. The molecule has 0 aromatic rings. The van der Waals surface area contributed by atoms with Crippen molar-refractivity contribution in [2.75, 3.05) is 19.7 Å². The molecule has 176 valence electrons. The molecule has 0 aliphatic rings. The monoisotopic (exact) mass is 426 g/mol. The van der Waals surface area contributed by atoms with Crippen molar-refractivity contribution in [3.63, 3.8) is 0 Å². The number of rotatable bonds is 12. The molecule has 0 rings (SSSR count). The lowest BCUT2D eigenvalue weighted by atomic mass is 10.2. The first-order valence-electron chi connectivity index (χ1n) is 11.0. The van der Waals surface area contributed by atoms with Gasteiger partial charge in [0.05, 0.1) is 0 Å². The summed E-state index contributed by atoms with van der Waals surface area (Å²) in [4.78, 5) is 26.3. The molecule has 0 aromatic carbocycles. The van der Waals surface area contributed by atoms with E-state index in [-0.39, 0.29) is 5.97 Å². The maximum Gasteiger partial charge on any atom is 0.333 e. The van der Waals surface area contributed by atoms with E-state index >= 15 is 0 Å². The Morgan fingerprint density at radius 1 is 0.867 bits per heavy atom. The number of aliphatic carboxylic acids is 1. The lowest BCUT2D eigenvalue weighted by Crippen LogP contribution is -2.39. The van der Waals surface area contributed by atoms with Gasteiger partial charge in [-0.15, -0.1) is 0 Å². The molecule has 0 saturated carbocycles. The summed E-state index contributed by atoms with van der Waals surface area (Å²) in [6.07, 6.45) is 2.59. The Labute approximate surface area is 185 Å². The number of carbonyl (C=O) groups is 2. The molecule has 0 unspecified atom stereocenters. The van der Waals surface area contributed by atoms with Crippen molar-refractivity contribution in [2.24, 2.45) is 0 Å². The average Bonchev–Trinajstić information content (AvgIpc) is 2.60. The van der Waals surface area contributed by atoms with Crippen molar-refractivity contribution in [1.29, 1.82) is 0 Å². The molecule has 0 radical (unpaired) electrons. The smallest absolute Gasteiger partial charge is 0.333 e. The maximum absolute atomic E-state index is 11.1. The number of esters is 1. The van der Waals surface area contributed by atoms with Crippen LogP contribution in [0.15, 0.2) is 23.8 Å². The van der Waals surface area contributed by atoms with Crippen LogP contribution < -0.4 is 0 Å². The first kappa shape index (κ1) is 30.5. The van der Waals surface area contributed by atoms with Gasteiger partial charge < -0.3 is 9.84 Å². The highest BCUT2D eigenvalue weighted by Gasteiger charge is 2.14. The zero-order valence-electron chi connectivity index (χ0n) is 21.0. The minimum absolute atomic E-state index is 0.303. The van der Waals surface area contributed by atoms with Crippen molar-refractivity contribution < 1.29 is 19.4 Å². The van der Waals surface area contributed by atoms with E-state index in [4.69, 9.17) is 9.84 Å². The van der Waals surface area contributed by atoms with E-state index in [1.807, 2.05) is 0 Å². The van der Waals surface area contributed by atoms with Crippen LogP contribution in [0.4, 0.5) is 0 Å². The third-order valence-electron chi connectivity index (χ3n) is 4.76. The molecule has 30 heavy (non-hydrogen) atoms. The second-order valence-corrected chi connectivity index (χ2v) is 8.75. The van der Waals surface area contributed by atoms with Gasteiger partial charge >= 0.3 is 11.9 Å². The Balaban J connectivity index is 0. The van der Waals surface area contributed by atoms with Crippen molar-refractivity contribution in [3.8, 4) is 0 Å². The molecule has 0 bridgehead atoms. The first-order valence-corrected chi connectivity index (χ1v) is 11.0. The maximum atomic E-state index is 11.1. The van der Waals surface area contributed by atoms with E-state index < -0.39 is 5.97 Å². The quantitative estimate of drug-likeness (QED) is 0.359. The van der Waals surface area contributed by atoms with Crippen LogP contribution in [0.1, 0.15) is 75.7 Å². The van der Waals surface area contributed by atoms with Crippen LogP contribution in [-0.4, -0.2) is 70.7 Å². The fourth-order valence-corrected chi connectivity index (χ4v) is 3.11. The van der Waals surface area contributed by atoms with E-state index in [1.165, 1.54) is 0 Å². The van der Waals surface area contributed by atoms with Gasteiger partial charge in [0, 0.05) is 48.4 Å². The standard InChI is InChI=1S/2C12H23NO2/c1-9(2)12(14)15-8-7-13(10(3)4)11(5)6;1-9(2)13(10(3)4)8-6-7-11(5)12(14)15/h10-11H,1,7-8H2,2-6H3;7,9-10H,6,8H2,1-5H3,(H,14,15). The van der Waals surface area contributed by atoms with E-state index in [2.05, 4.69) is 71.8 Å². The van der Waals surface area contributed by atoms with Crippen LogP contribution in [-0.2, 0) is 14.3 Å². The summed E-state index contributed by atoms with van der Waals surface area (Å²) in [6, 6.07) is 1.94. The number of nitrogens with zero attached hydrogens (tertiary/aromatic N) is 2. The molecule has 0 aromatic heterocycles. The van der Waals surface area contributed by atoms with Crippen molar-refractivity contribution in [3.05, 3.63) is 23.8 Å². The summed E-state index contributed by atoms with van der Waals surface area (Å²) in [5, 5.41) is 8.68. The summed E-state index contributed by atoms with van der Waals surface area (Å²) in [5.41, 5.74) is 0.887. The summed E-state index contributed by atoms with van der Waals surface area (Å²) < 4.78 is 5.05. The molecular formula is C24H46N2O4. The molecule has 1 N–H and O–H groups in total. The summed E-state index contributed by atoms with van der Waals surface area (Å²) in [6.45, 7) is 26.2. The average molecular weight is 427 g/mol. The summed E-state index contributed by atoms with van der Waals surface area (Å²) in [7, 11) is 0. The van der Waals surface area contributed by atoms with Crippen molar-refractivity contribution in [1.82, 2.24) is 9.80 Å². The number of hydrogen-bond donors (Lipinski definition) is 1. The van der Waals surface area contributed by atoms with Gasteiger partial charge in [0.25, 0.3) is 0 Å². The zero-order valence-corrected chi connectivity index (χ0v) is 21.0. The van der Waals surface area contributed by atoms with Gasteiger partial charge in [-0.1, -0.05) is 12.7 Å². The molecule has 0 saturated heterocycles. The molecule has 0 atom stereocenters. The number of ether oxygens (including phenoxy) is 1. The Morgan fingerprint density at radius 2 is 1.27 bits per heavy atom. The molecular weight excluding hydrogens is 380 g/mol. The SMILES string of the molecule is C=C(C)C(=O)OCCN(C(C)C)C(C)C.CC(=CCCN(C(C)C)C(C)C)C(=O)O. The van der Waals surface area contributed by atoms with Crippen molar-refractivity contribution >= 4 is 11.9 Å². The first-order chi connectivity index (χ1) is 13.7. The normalized spacial score (nSPS) is 12.1. The minimum Gasteiger partial charge on any atom is -0.478 e. The third-order valence-corrected chi connectivity index (χ3v) is 4.76. The highest BCUT2D eigenvalue weighted by Crippen LogP contribution is 2.07. The molecule has 0 amide bonds. The Kier molecular flexibility index (Phi) is 16.4. The van der Waals surface area contributed by atoms with E-state index in [0.717, 1.165) is 19.5 Å². The summed E-state index contributed by atoms with van der Waals surface area (Å²) >= 11 is 0. The van der Waals surface area contributed by atoms with Crippen LogP contribution in [0, 0.1) is 0 Å². The number of carboxylic acid groups (broad SMARTS) is 1. The second-order valence-electron chi connectivity index (χ2n) is 8.75. The Morgan fingerprint density at radius 3 is 1.60 bits per heavy atom. The highest BCUT2D eigenvalue weighted by atomic mass is 16.5. The second kappa shape index (κ2) is 16.1. The van der Waals surface area contributed by atoms with Crippen LogP contribution >= 0.6 is 0 Å². The lowest BCUT2D eigenvalue weighted by Gasteiger charge is -2.30. The third kappa shape index (κ3) is 14.3. The predicted molar refractivity (Wildman–Crippen MR) is 126 cm³/mol. The Hall–Kier alpha value is -1.66. The van der Waals surface area contributed by atoms with Crippen LogP contribution in [0.25, 0.3) is 0 Å². The van der Waals surface area contributed by atoms with Crippen LogP contribution in [0.3, 0.4) is 0 Å². The Bertz CT molecular complexity index is 535. The molecule has 0 fully saturated rings. The van der Waals surface area contributed by atoms with Gasteiger partial charge in [-0.05, 0) is 75.7 Å². The zero-order chi connectivity index (χ0) is 24.0. The fraction of sp³-hybridized carbons (Fsp3) is 0.750. The van der Waals surface area contributed by atoms with Gasteiger partial charge in [0.1, 0.15) is 6.61 Å². The number of carbonyl (C=O) groups excluding carboxylic acids is 1. The number of hydrogen-bond acceptors (Lipinski definition) is 5. The minimum atomic E-state index is -0.823. The van der Waals surface area contributed by atoms with Gasteiger partial charge in [-0.2, -0.15) is 0 Å². The van der Waals surface area contributed by atoms with Crippen LogP contribution in [0.5, 0.6) is 0 Å².